The second-order valence-corrected chi connectivity index (χ2v) is 8.98. The fraction of sp³-hybridized carbons (Fsp3) is 0.588. The first-order valence-corrected chi connectivity index (χ1v) is 10.3. The molecule has 1 N–H and O–H groups in total. The molecule has 6 nitrogen and oxygen atoms in total. The van der Waals surface area contributed by atoms with Crippen LogP contribution in [-0.2, 0) is 16.4 Å². The van der Waals surface area contributed by atoms with Gasteiger partial charge in [0.15, 0.2) is 9.84 Å². The van der Waals surface area contributed by atoms with Gasteiger partial charge < -0.3 is 10.2 Å². The summed E-state index contributed by atoms with van der Waals surface area (Å²) in [5.41, 5.74) is 1.77. The SMILES string of the molecule is C[C@H]1CNCCN1C(=O)c1cccc(CN2CCS(=O)(=O)CC2)c1.Cl.Cl. The van der Waals surface area contributed by atoms with Gasteiger partial charge >= 0.3 is 0 Å². The van der Waals surface area contributed by atoms with Crippen molar-refractivity contribution in [2.75, 3.05) is 44.2 Å². The largest absolute Gasteiger partial charge is 0.333 e. The highest BCUT2D eigenvalue weighted by Crippen LogP contribution is 2.15. The van der Waals surface area contributed by atoms with Crippen LogP contribution >= 0.6 is 24.8 Å². The smallest absolute Gasteiger partial charge is 0.254 e. The number of hydrogen-bond acceptors (Lipinski definition) is 5. The van der Waals surface area contributed by atoms with Gasteiger partial charge in [-0.05, 0) is 24.6 Å². The van der Waals surface area contributed by atoms with Crippen LogP contribution in [0.3, 0.4) is 0 Å². The fourth-order valence-corrected chi connectivity index (χ4v) is 4.55. The lowest BCUT2D eigenvalue weighted by molar-refractivity contribution is 0.0655. The van der Waals surface area contributed by atoms with E-state index in [-0.39, 0.29) is 48.3 Å². The summed E-state index contributed by atoms with van der Waals surface area (Å²) >= 11 is 0. The highest BCUT2D eigenvalue weighted by molar-refractivity contribution is 7.91. The minimum Gasteiger partial charge on any atom is -0.333 e. The molecule has 0 unspecified atom stereocenters. The van der Waals surface area contributed by atoms with Gasteiger partial charge in [0.1, 0.15) is 0 Å². The Bertz CT molecular complexity index is 701. The molecule has 1 aromatic rings. The maximum atomic E-state index is 12.7. The van der Waals surface area contributed by atoms with Gasteiger partial charge in [0.05, 0.1) is 11.5 Å². The molecule has 0 radical (unpaired) electrons. The Labute approximate surface area is 168 Å². The first kappa shape index (κ1) is 23.2. The summed E-state index contributed by atoms with van der Waals surface area (Å²) in [5, 5.41) is 3.29. The zero-order valence-corrected chi connectivity index (χ0v) is 17.3. The predicted octanol–water partition coefficient (Wildman–Crippen LogP) is 1.19. The monoisotopic (exact) mass is 423 g/mol. The lowest BCUT2D eigenvalue weighted by Gasteiger charge is -2.34. The van der Waals surface area contributed by atoms with Crippen molar-refractivity contribution in [2.24, 2.45) is 0 Å². The first-order chi connectivity index (χ1) is 11.4. The van der Waals surface area contributed by atoms with Gasteiger partial charge in [0.2, 0.25) is 0 Å². The summed E-state index contributed by atoms with van der Waals surface area (Å²) in [4.78, 5) is 16.8. The van der Waals surface area contributed by atoms with Crippen LogP contribution in [-0.4, -0.2) is 74.4 Å². The van der Waals surface area contributed by atoms with Gasteiger partial charge in [0, 0.05) is 50.9 Å². The van der Waals surface area contributed by atoms with E-state index >= 15 is 0 Å². The quantitative estimate of drug-likeness (QED) is 0.790. The maximum absolute atomic E-state index is 12.7. The molecule has 1 amide bonds. The molecule has 0 aromatic heterocycles. The predicted molar refractivity (Wildman–Crippen MR) is 108 cm³/mol. The van der Waals surface area contributed by atoms with Gasteiger partial charge in [0.25, 0.3) is 5.91 Å². The minimum absolute atomic E-state index is 0. The van der Waals surface area contributed by atoms with Crippen molar-refractivity contribution >= 4 is 40.6 Å². The molecule has 0 spiro atoms. The zero-order valence-electron chi connectivity index (χ0n) is 14.9. The molecule has 2 fully saturated rings. The Morgan fingerprint density at radius 3 is 2.54 bits per heavy atom. The van der Waals surface area contributed by atoms with E-state index in [1.165, 1.54) is 0 Å². The molecule has 9 heteroatoms. The Balaban J connectivity index is 0.00000169. The molecule has 0 bridgehead atoms. The standard InChI is InChI=1S/C17H25N3O3S.2ClH/c1-14-12-18-5-6-20(14)17(21)16-4-2-3-15(11-16)13-19-7-9-24(22,23)10-8-19;;/h2-4,11,14,18H,5-10,12-13H2,1H3;2*1H/t14-;;/m0../s1. The first-order valence-electron chi connectivity index (χ1n) is 8.48. The summed E-state index contributed by atoms with van der Waals surface area (Å²) in [6.45, 7) is 6.26. The van der Waals surface area contributed by atoms with Crippen LogP contribution in [0.1, 0.15) is 22.8 Å². The number of nitrogens with zero attached hydrogens (tertiary/aromatic N) is 2. The number of carbonyl (C=O) groups is 1. The van der Waals surface area contributed by atoms with E-state index < -0.39 is 9.84 Å². The fourth-order valence-electron chi connectivity index (χ4n) is 3.28. The number of amides is 1. The second kappa shape index (κ2) is 9.90. The molecule has 2 aliphatic heterocycles. The maximum Gasteiger partial charge on any atom is 0.254 e. The molecule has 2 heterocycles. The van der Waals surface area contributed by atoms with Crippen LogP contribution < -0.4 is 5.32 Å². The van der Waals surface area contributed by atoms with Gasteiger partial charge in [-0.1, -0.05) is 12.1 Å². The van der Waals surface area contributed by atoms with Crippen molar-refractivity contribution in [1.82, 2.24) is 15.1 Å². The van der Waals surface area contributed by atoms with E-state index in [2.05, 4.69) is 17.1 Å². The van der Waals surface area contributed by atoms with Crippen LogP contribution in [0.2, 0.25) is 0 Å². The third-order valence-corrected chi connectivity index (χ3v) is 6.39. The number of benzene rings is 1. The Morgan fingerprint density at radius 1 is 1.19 bits per heavy atom. The molecule has 3 rings (SSSR count). The van der Waals surface area contributed by atoms with Crippen molar-refractivity contribution < 1.29 is 13.2 Å². The zero-order chi connectivity index (χ0) is 17.2. The van der Waals surface area contributed by atoms with Crippen LogP contribution in [0, 0.1) is 0 Å². The van der Waals surface area contributed by atoms with Crippen molar-refractivity contribution in [2.45, 2.75) is 19.5 Å². The average Bonchev–Trinajstić information content (AvgIpc) is 2.57. The molecule has 1 aromatic carbocycles. The molecule has 148 valence electrons. The van der Waals surface area contributed by atoms with Crippen molar-refractivity contribution in [3.63, 3.8) is 0 Å². The van der Waals surface area contributed by atoms with Crippen molar-refractivity contribution in [1.29, 1.82) is 0 Å². The molecular formula is C17H27Cl2N3O3S. The topological polar surface area (TPSA) is 69.7 Å². The van der Waals surface area contributed by atoms with E-state index in [9.17, 15) is 13.2 Å². The van der Waals surface area contributed by atoms with Gasteiger partial charge in [-0.25, -0.2) is 8.42 Å². The minimum atomic E-state index is -2.86. The molecule has 2 saturated heterocycles. The lowest BCUT2D eigenvalue weighted by atomic mass is 10.1. The molecule has 0 saturated carbocycles. The van der Waals surface area contributed by atoms with Crippen LogP contribution in [0.4, 0.5) is 0 Å². The Hall–Kier alpha value is -0.860. The third kappa shape index (κ3) is 5.82. The highest BCUT2D eigenvalue weighted by Gasteiger charge is 2.25. The van der Waals surface area contributed by atoms with Gasteiger partial charge in [-0.2, -0.15) is 0 Å². The van der Waals surface area contributed by atoms with E-state index in [0.29, 0.717) is 25.2 Å². The Kier molecular flexibility index (Phi) is 8.82. The molecule has 1 atom stereocenters. The number of carbonyl (C=O) groups excluding carboxylic acids is 1. The van der Waals surface area contributed by atoms with Crippen molar-refractivity contribution in [3.05, 3.63) is 35.4 Å². The van der Waals surface area contributed by atoms with E-state index in [0.717, 1.165) is 25.2 Å². The van der Waals surface area contributed by atoms with E-state index in [1.54, 1.807) is 0 Å². The third-order valence-electron chi connectivity index (χ3n) is 4.78. The summed E-state index contributed by atoms with van der Waals surface area (Å²) in [6.07, 6.45) is 0. The summed E-state index contributed by atoms with van der Waals surface area (Å²) < 4.78 is 23.0. The van der Waals surface area contributed by atoms with E-state index in [4.69, 9.17) is 0 Å². The van der Waals surface area contributed by atoms with E-state index in [1.807, 2.05) is 29.2 Å². The number of rotatable bonds is 3. The Morgan fingerprint density at radius 2 is 1.88 bits per heavy atom. The normalized spacial score (nSPS) is 22.8. The molecular weight excluding hydrogens is 397 g/mol. The number of nitrogens with one attached hydrogen (secondary N) is 1. The number of halogens is 2. The number of hydrogen-bond donors (Lipinski definition) is 1. The van der Waals surface area contributed by atoms with Gasteiger partial charge in [-0.15, -0.1) is 24.8 Å². The molecule has 0 aliphatic carbocycles. The van der Waals surface area contributed by atoms with Crippen LogP contribution in [0.25, 0.3) is 0 Å². The van der Waals surface area contributed by atoms with Gasteiger partial charge in [-0.3, -0.25) is 9.69 Å². The van der Waals surface area contributed by atoms with Crippen LogP contribution in [0.15, 0.2) is 24.3 Å². The molecule has 26 heavy (non-hydrogen) atoms. The van der Waals surface area contributed by atoms with Crippen molar-refractivity contribution in [3.8, 4) is 0 Å². The van der Waals surface area contributed by atoms with Crippen LogP contribution in [0.5, 0.6) is 0 Å². The molecule has 2 aliphatic rings. The summed E-state index contributed by atoms with van der Waals surface area (Å²) in [5.74, 6) is 0.528. The summed E-state index contributed by atoms with van der Waals surface area (Å²) in [6, 6.07) is 7.92. The second-order valence-electron chi connectivity index (χ2n) is 6.68. The highest BCUT2D eigenvalue weighted by atomic mass is 35.5. The number of piperazine rings is 1. The number of sulfone groups is 1. The summed E-state index contributed by atoms with van der Waals surface area (Å²) in [7, 11) is -2.86. The average molecular weight is 424 g/mol. The lowest BCUT2D eigenvalue weighted by Crippen LogP contribution is -2.52.